The summed E-state index contributed by atoms with van der Waals surface area (Å²) in [6, 6.07) is 0. The molecule has 0 saturated heterocycles. The molecule has 0 amide bonds. The van der Waals surface area contributed by atoms with E-state index >= 15 is 0 Å². The van der Waals surface area contributed by atoms with Crippen LogP contribution in [0.25, 0.3) is 0 Å². The lowest BCUT2D eigenvalue weighted by molar-refractivity contribution is 0.264. The summed E-state index contributed by atoms with van der Waals surface area (Å²) in [5, 5.41) is 0. The molecule has 90 valence electrons. The van der Waals surface area contributed by atoms with Gasteiger partial charge in [-0.15, -0.1) is 0 Å². The zero-order valence-electron chi connectivity index (χ0n) is 11.1. The van der Waals surface area contributed by atoms with Gasteiger partial charge in [0.15, 0.2) is 0 Å². The molecule has 1 aliphatic rings. The summed E-state index contributed by atoms with van der Waals surface area (Å²) < 4.78 is 0. The molecule has 0 N–H and O–H groups in total. The molecule has 0 nitrogen and oxygen atoms in total. The highest BCUT2D eigenvalue weighted by atomic mass is 14.3. The van der Waals surface area contributed by atoms with E-state index in [0.717, 1.165) is 17.8 Å². The molecule has 0 aromatic carbocycles. The molecule has 0 heteroatoms. The van der Waals surface area contributed by atoms with E-state index in [9.17, 15) is 0 Å². The molecule has 3 unspecified atom stereocenters. The number of hydrogen-bond acceptors (Lipinski definition) is 0. The second kappa shape index (κ2) is 7.30. The van der Waals surface area contributed by atoms with Crippen LogP contribution in [0.2, 0.25) is 0 Å². The predicted molar refractivity (Wildman–Crippen MR) is 69.0 cm³/mol. The summed E-state index contributed by atoms with van der Waals surface area (Å²) >= 11 is 0. The Labute approximate surface area is 96.8 Å². The van der Waals surface area contributed by atoms with Gasteiger partial charge in [-0.25, -0.2) is 0 Å². The molecule has 0 heterocycles. The lowest BCUT2D eigenvalue weighted by Gasteiger charge is -2.25. The van der Waals surface area contributed by atoms with Crippen molar-refractivity contribution in [3.63, 3.8) is 0 Å². The van der Waals surface area contributed by atoms with Crippen LogP contribution in [0.3, 0.4) is 0 Å². The average molecular weight is 210 g/mol. The van der Waals surface area contributed by atoms with Gasteiger partial charge >= 0.3 is 0 Å². The summed E-state index contributed by atoms with van der Waals surface area (Å²) in [6.07, 6.45) is 13.2. The number of rotatable bonds is 3. The molecule has 1 fully saturated rings. The highest BCUT2D eigenvalue weighted by Gasteiger charge is 2.20. The molecular weight excluding hydrogens is 180 g/mol. The maximum Gasteiger partial charge on any atom is -0.0386 e. The van der Waals surface area contributed by atoms with E-state index in [1.165, 1.54) is 57.8 Å². The van der Waals surface area contributed by atoms with Crippen molar-refractivity contribution in [1.82, 2.24) is 0 Å². The van der Waals surface area contributed by atoms with Gasteiger partial charge in [-0.1, -0.05) is 78.6 Å². The molecule has 3 atom stereocenters. The highest BCUT2D eigenvalue weighted by molar-refractivity contribution is 4.72. The molecule has 0 aromatic heterocycles. The van der Waals surface area contributed by atoms with Crippen LogP contribution < -0.4 is 0 Å². The maximum absolute atomic E-state index is 2.45. The average Bonchev–Trinajstić information content (AvgIpc) is 2.30. The highest BCUT2D eigenvalue weighted by Crippen LogP contribution is 2.33. The van der Waals surface area contributed by atoms with Crippen LogP contribution in [0.15, 0.2) is 0 Å². The lowest BCUT2D eigenvalue weighted by atomic mass is 9.81. The van der Waals surface area contributed by atoms with Crippen molar-refractivity contribution in [2.45, 2.75) is 78.6 Å². The van der Waals surface area contributed by atoms with Crippen molar-refractivity contribution in [2.24, 2.45) is 17.8 Å². The fraction of sp³-hybridized carbons (Fsp3) is 1.00. The van der Waals surface area contributed by atoms with Gasteiger partial charge in [0.05, 0.1) is 0 Å². The molecule has 0 radical (unpaired) electrons. The van der Waals surface area contributed by atoms with Gasteiger partial charge < -0.3 is 0 Å². The van der Waals surface area contributed by atoms with Crippen LogP contribution in [0.1, 0.15) is 78.6 Å². The van der Waals surface area contributed by atoms with Gasteiger partial charge in [0.25, 0.3) is 0 Å². The zero-order chi connectivity index (χ0) is 11.1. The minimum atomic E-state index is 0.989. The van der Waals surface area contributed by atoms with Crippen molar-refractivity contribution in [1.29, 1.82) is 0 Å². The first-order valence-electron chi connectivity index (χ1n) is 7.27. The minimum Gasteiger partial charge on any atom is -0.0654 e. The first-order valence-corrected chi connectivity index (χ1v) is 7.27. The Morgan fingerprint density at radius 1 is 0.867 bits per heavy atom. The Morgan fingerprint density at radius 3 is 2.00 bits per heavy atom. The molecule has 0 spiro atoms. The Balaban J connectivity index is 2.48. The second-order valence-corrected chi connectivity index (χ2v) is 5.68. The first kappa shape index (κ1) is 13.1. The SMILES string of the molecule is CCCC1CCCC(C)CCCC1CC. The third-order valence-electron chi connectivity index (χ3n) is 4.39. The van der Waals surface area contributed by atoms with E-state index in [-0.39, 0.29) is 0 Å². The lowest BCUT2D eigenvalue weighted by Crippen LogP contribution is -2.13. The standard InChI is InChI=1S/C15H30/c1-4-8-15-12-7-10-13(3)9-6-11-14(15)5-2/h13-15H,4-12H2,1-3H3. The summed E-state index contributed by atoms with van der Waals surface area (Å²) in [5.41, 5.74) is 0. The second-order valence-electron chi connectivity index (χ2n) is 5.68. The molecule has 1 aliphatic carbocycles. The molecule has 0 aliphatic heterocycles. The van der Waals surface area contributed by atoms with E-state index in [2.05, 4.69) is 20.8 Å². The third kappa shape index (κ3) is 4.57. The molecule has 0 aromatic rings. The summed E-state index contributed by atoms with van der Waals surface area (Å²) in [7, 11) is 0. The Bertz CT molecular complexity index is 150. The van der Waals surface area contributed by atoms with E-state index in [1.54, 1.807) is 0 Å². The van der Waals surface area contributed by atoms with Crippen molar-refractivity contribution in [3.05, 3.63) is 0 Å². The molecule has 1 rings (SSSR count). The van der Waals surface area contributed by atoms with Crippen LogP contribution in [0, 0.1) is 17.8 Å². The maximum atomic E-state index is 2.45. The van der Waals surface area contributed by atoms with Crippen molar-refractivity contribution >= 4 is 0 Å². The van der Waals surface area contributed by atoms with Crippen molar-refractivity contribution < 1.29 is 0 Å². The fourth-order valence-electron chi connectivity index (χ4n) is 3.36. The van der Waals surface area contributed by atoms with Gasteiger partial charge in [0.1, 0.15) is 0 Å². The van der Waals surface area contributed by atoms with Gasteiger partial charge in [-0.3, -0.25) is 0 Å². The van der Waals surface area contributed by atoms with Gasteiger partial charge in [-0.2, -0.15) is 0 Å². The normalized spacial score (nSPS) is 34.2. The van der Waals surface area contributed by atoms with E-state index in [1.807, 2.05) is 0 Å². The van der Waals surface area contributed by atoms with Crippen molar-refractivity contribution in [3.8, 4) is 0 Å². The topological polar surface area (TPSA) is 0 Å². The largest absolute Gasteiger partial charge is 0.0654 e. The minimum absolute atomic E-state index is 0.989. The summed E-state index contributed by atoms with van der Waals surface area (Å²) in [6.45, 7) is 7.19. The van der Waals surface area contributed by atoms with Crippen LogP contribution >= 0.6 is 0 Å². The Morgan fingerprint density at radius 2 is 1.47 bits per heavy atom. The van der Waals surface area contributed by atoms with Gasteiger partial charge in [-0.05, 0) is 17.8 Å². The first-order chi connectivity index (χ1) is 7.27. The Kier molecular flexibility index (Phi) is 6.36. The van der Waals surface area contributed by atoms with E-state index in [0.29, 0.717) is 0 Å². The van der Waals surface area contributed by atoms with Gasteiger partial charge in [0.2, 0.25) is 0 Å². The zero-order valence-corrected chi connectivity index (χ0v) is 11.1. The fourth-order valence-corrected chi connectivity index (χ4v) is 3.36. The van der Waals surface area contributed by atoms with Crippen LogP contribution in [0.5, 0.6) is 0 Å². The third-order valence-corrected chi connectivity index (χ3v) is 4.39. The predicted octanol–water partition coefficient (Wildman–Crippen LogP) is 5.42. The van der Waals surface area contributed by atoms with Crippen molar-refractivity contribution in [2.75, 3.05) is 0 Å². The summed E-state index contributed by atoms with van der Waals surface area (Å²) in [5.74, 6) is 3.07. The van der Waals surface area contributed by atoms with E-state index in [4.69, 9.17) is 0 Å². The van der Waals surface area contributed by atoms with Gasteiger partial charge in [0, 0.05) is 0 Å². The number of hydrogen-bond donors (Lipinski definition) is 0. The van der Waals surface area contributed by atoms with Crippen LogP contribution in [0.4, 0.5) is 0 Å². The monoisotopic (exact) mass is 210 g/mol. The molecule has 1 saturated carbocycles. The summed E-state index contributed by atoms with van der Waals surface area (Å²) in [4.78, 5) is 0. The molecule has 0 bridgehead atoms. The van der Waals surface area contributed by atoms with Crippen LogP contribution in [-0.2, 0) is 0 Å². The van der Waals surface area contributed by atoms with E-state index < -0.39 is 0 Å². The molecule has 15 heavy (non-hydrogen) atoms. The smallest absolute Gasteiger partial charge is 0.0386 e. The van der Waals surface area contributed by atoms with Crippen LogP contribution in [-0.4, -0.2) is 0 Å². The quantitative estimate of drug-likeness (QED) is 0.583. The molecular formula is C15H30. The Hall–Kier alpha value is 0.